The summed E-state index contributed by atoms with van der Waals surface area (Å²) in [5, 5.41) is 0.209. The molecule has 0 spiro atoms. The van der Waals surface area contributed by atoms with Gasteiger partial charge in [-0.15, -0.1) is 0 Å². The van der Waals surface area contributed by atoms with E-state index in [2.05, 4.69) is 47.5 Å². The van der Waals surface area contributed by atoms with E-state index in [-0.39, 0.29) is 16.5 Å². The number of ether oxygens (including phenoxy) is 1. The standard InChI is InChI=1S/C13H22ClN5O/c1-12(2)7-19(8-13(3,4)20-12)11-16-9(14)15-10(17-11)18(5)6/h7-8H2,1-6H3. The molecule has 1 aromatic heterocycles. The molecule has 1 fully saturated rings. The van der Waals surface area contributed by atoms with Crippen LogP contribution in [0.3, 0.4) is 0 Å². The van der Waals surface area contributed by atoms with Gasteiger partial charge in [0.15, 0.2) is 0 Å². The Hall–Kier alpha value is -1.14. The second kappa shape index (κ2) is 5.00. The summed E-state index contributed by atoms with van der Waals surface area (Å²) in [6.07, 6.45) is 0. The van der Waals surface area contributed by atoms with Crippen molar-refractivity contribution in [3.05, 3.63) is 5.28 Å². The van der Waals surface area contributed by atoms with Crippen LogP contribution < -0.4 is 9.80 Å². The van der Waals surface area contributed by atoms with E-state index in [0.717, 1.165) is 0 Å². The van der Waals surface area contributed by atoms with Gasteiger partial charge in [0, 0.05) is 27.2 Å². The molecule has 0 N–H and O–H groups in total. The van der Waals surface area contributed by atoms with Crippen molar-refractivity contribution in [2.45, 2.75) is 38.9 Å². The van der Waals surface area contributed by atoms with E-state index in [0.29, 0.717) is 25.0 Å². The fourth-order valence-corrected chi connectivity index (χ4v) is 2.75. The highest BCUT2D eigenvalue weighted by Gasteiger charge is 2.39. The summed E-state index contributed by atoms with van der Waals surface area (Å²) in [6.45, 7) is 9.69. The molecule has 0 atom stereocenters. The fraction of sp³-hybridized carbons (Fsp3) is 0.769. The van der Waals surface area contributed by atoms with Crippen LogP contribution in [0.4, 0.5) is 11.9 Å². The van der Waals surface area contributed by atoms with Crippen molar-refractivity contribution in [3.63, 3.8) is 0 Å². The van der Waals surface area contributed by atoms with E-state index in [4.69, 9.17) is 16.3 Å². The molecule has 0 radical (unpaired) electrons. The lowest BCUT2D eigenvalue weighted by Crippen LogP contribution is -2.57. The molecule has 20 heavy (non-hydrogen) atoms. The molecule has 2 heterocycles. The number of hydrogen-bond acceptors (Lipinski definition) is 6. The maximum atomic E-state index is 6.06. The second-order valence-corrected chi connectivity index (χ2v) is 6.91. The number of nitrogens with zero attached hydrogens (tertiary/aromatic N) is 5. The van der Waals surface area contributed by atoms with Gasteiger partial charge in [0.2, 0.25) is 17.2 Å². The third kappa shape index (κ3) is 3.49. The Morgan fingerprint density at radius 3 is 2.10 bits per heavy atom. The molecule has 1 aromatic rings. The Bertz CT molecular complexity index is 488. The van der Waals surface area contributed by atoms with Gasteiger partial charge in [0.05, 0.1) is 11.2 Å². The maximum absolute atomic E-state index is 6.06. The smallest absolute Gasteiger partial charge is 0.231 e. The lowest BCUT2D eigenvalue weighted by atomic mass is 9.99. The first kappa shape index (κ1) is 15.3. The zero-order valence-electron chi connectivity index (χ0n) is 12.9. The van der Waals surface area contributed by atoms with Crippen molar-refractivity contribution in [2.75, 3.05) is 37.0 Å². The minimum absolute atomic E-state index is 0.209. The summed E-state index contributed by atoms with van der Waals surface area (Å²) in [4.78, 5) is 16.8. The molecule has 2 rings (SSSR count). The van der Waals surface area contributed by atoms with Crippen LogP contribution in [-0.4, -0.2) is 53.3 Å². The van der Waals surface area contributed by atoms with Gasteiger partial charge >= 0.3 is 0 Å². The maximum Gasteiger partial charge on any atom is 0.231 e. The van der Waals surface area contributed by atoms with Crippen molar-refractivity contribution in [1.29, 1.82) is 0 Å². The van der Waals surface area contributed by atoms with Crippen LogP contribution in [0, 0.1) is 0 Å². The van der Waals surface area contributed by atoms with Gasteiger partial charge in [0.25, 0.3) is 0 Å². The first-order valence-corrected chi connectivity index (χ1v) is 7.00. The van der Waals surface area contributed by atoms with E-state index >= 15 is 0 Å². The summed E-state index contributed by atoms with van der Waals surface area (Å²) in [7, 11) is 3.76. The van der Waals surface area contributed by atoms with Crippen molar-refractivity contribution in [2.24, 2.45) is 0 Å². The Kier molecular flexibility index (Phi) is 3.81. The minimum Gasteiger partial charge on any atom is -0.366 e. The summed E-state index contributed by atoms with van der Waals surface area (Å²) < 4.78 is 6.06. The van der Waals surface area contributed by atoms with Crippen molar-refractivity contribution >= 4 is 23.5 Å². The highest BCUT2D eigenvalue weighted by molar-refractivity contribution is 6.28. The van der Waals surface area contributed by atoms with Gasteiger partial charge in [0.1, 0.15) is 0 Å². The first-order chi connectivity index (χ1) is 9.08. The first-order valence-electron chi connectivity index (χ1n) is 6.62. The van der Waals surface area contributed by atoms with Crippen molar-refractivity contribution in [1.82, 2.24) is 15.0 Å². The van der Waals surface area contributed by atoms with Gasteiger partial charge in [-0.05, 0) is 39.3 Å². The number of anilines is 2. The van der Waals surface area contributed by atoms with Crippen LogP contribution in [-0.2, 0) is 4.74 Å². The van der Waals surface area contributed by atoms with Crippen LogP contribution >= 0.6 is 11.6 Å². The minimum atomic E-state index is -0.265. The molecule has 0 amide bonds. The van der Waals surface area contributed by atoms with E-state index in [1.54, 1.807) is 0 Å². The number of hydrogen-bond donors (Lipinski definition) is 0. The summed E-state index contributed by atoms with van der Waals surface area (Å²) in [5.41, 5.74) is -0.529. The van der Waals surface area contributed by atoms with Crippen LogP contribution in [0.2, 0.25) is 5.28 Å². The summed E-state index contributed by atoms with van der Waals surface area (Å²) >= 11 is 6.01. The average Bonchev–Trinajstić information content (AvgIpc) is 2.23. The van der Waals surface area contributed by atoms with Crippen molar-refractivity contribution < 1.29 is 4.74 Å². The molecular weight excluding hydrogens is 278 g/mol. The lowest BCUT2D eigenvalue weighted by Gasteiger charge is -2.47. The largest absolute Gasteiger partial charge is 0.366 e. The SMILES string of the molecule is CN(C)c1nc(Cl)nc(N2CC(C)(C)OC(C)(C)C2)n1. The zero-order chi connectivity index (χ0) is 15.1. The normalized spacial score (nSPS) is 20.9. The number of rotatable bonds is 2. The average molecular weight is 300 g/mol. The van der Waals surface area contributed by atoms with E-state index in [1.807, 2.05) is 19.0 Å². The van der Waals surface area contributed by atoms with Crippen LogP contribution in [0.1, 0.15) is 27.7 Å². The molecule has 0 unspecified atom stereocenters. The Morgan fingerprint density at radius 2 is 1.60 bits per heavy atom. The quantitative estimate of drug-likeness (QED) is 0.832. The molecule has 112 valence electrons. The van der Waals surface area contributed by atoms with Gasteiger partial charge < -0.3 is 14.5 Å². The van der Waals surface area contributed by atoms with Crippen LogP contribution in [0.15, 0.2) is 0 Å². The Morgan fingerprint density at radius 1 is 1.05 bits per heavy atom. The van der Waals surface area contributed by atoms with Gasteiger partial charge in [-0.2, -0.15) is 15.0 Å². The lowest BCUT2D eigenvalue weighted by molar-refractivity contribution is -0.133. The highest BCUT2D eigenvalue weighted by atomic mass is 35.5. The third-order valence-corrected chi connectivity index (χ3v) is 3.13. The highest BCUT2D eigenvalue weighted by Crippen LogP contribution is 2.30. The van der Waals surface area contributed by atoms with Crippen LogP contribution in [0.25, 0.3) is 0 Å². The molecule has 1 aliphatic heterocycles. The number of morpholine rings is 1. The topological polar surface area (TPSA) is 54.4 Å². The van der Waals surface area contributed by atoms with E-state index < -0.39 is 0 Å². The molecule has 1 aliphatic rings. The number of aromatic nitrogens is 3. The number of halogens is 1. The predicted molar refractivity (Wildman–Crippen MR) is 80.6 cm³/mol. The molecule has 6 nitrogen and oxygen atoms in total. The fourth-order valence-electron chi connectivity index (χ4n) is 2.60. The summed E-state index contributed by atoms with van der Waals surface area (Å²) in [5.74, 6) is 1.15. The Balaban J connectivity index is 2.35. The molecule has 1 saturated heterocycles. The molecule has 0 bridgehead atoms. The van der Waals surface area contributed by atoms with E-state index in [9.17, 15) is 0 Å². The van der Waals surface area contributed by atoms with E-state index in [1.165, 1.54) is 0 Å². The monoisotopic (exact) mass is 299 g/mol. The van der Waals surface area contributed by atoms with Crippen LogP contribution in [0.5, 0.6) is 0 Å². The summed E-state index contributed by atoms with van der Waals surface area (Å²) in [6, 6.07) is 0. The van der Waals surface area contributed by atoms with Gasteiger partial charge in [-0.1, -0.05) is 0 Å². The van der Waals surface area contributed by atoms with Gasteiger partial charge in [-0.25, -0.2) is 0 Å². The molecule has 0 aliphatic carbocycles. The Labute approximate surface area is 125 Å². The van der Waals surface area contributed by atoms with Crippen molar-refractivity contribution in [3.8, 4) is 0 Å². The zero-order valence-corrected chi connectivity index (χ0v) is 13.7. The van der Waals surface area contributed by atoms with Gasteiger partial charge in [-0.3, -0.25) is 0 Å². The molecular formula is C13H22ClN5O. The predicted octanol–water partition coefficient (Wildman–Crippen LogP) is 1.98. The molecule has 0 saturated carbocycles. The second-order valence-electron chi connectivity index (χ2n) is 6.58. The molecule has 7 heteroatoms. The third-order valence-electron chi connectivity index (χ3n) is 2.96. The molecule has 0 aromatic carbocycles.